The maximum atomic E-state index is 5.94. The molecule has 0 aliphatic rings. The van der Waals surface area contributed by atoms with E-state index in [4.69, 9.17) is 32.7 Å². The van der Waals surface area contributed by atoms with Crippen LogP contribution >= 0.6 is 23.2 Å². The fourth-order valence-corrected chi connectivity index (χ4v) is 1.45. The minimum Gasteiger partial charge on any atom is -0.385 e. The summed E-state index contributed by atoms with van der Waals surface area (Å²) in [4.78, 5) is 3.93. The van der Waals surface area contributed by atoms with E-state index < -0.39 is 0 Å². The molecule has 0 N–H and O–H groups in total. The van der Waals surface area contributed by atoms with Gasteiger partial charge >= 0.3 is 0 Å². The third kappa shape index (κ3) is 4.80. The minimum atomic E-state index is 0.392. The summed E-state index contributed by atoms with van der Waals surface area (Å²) in [6.45, 7) is 1.80. The van der Waals surface area contributed by atoms with Gasteiger partial charge in [-0.15, -0.1) is 0 Å². The van der Waals surface area contributed by atoms with Crippen molar-refractivity contribution in [1.29, 1.82) is 0 Å². The minimum absolute atomic E-state index is 0.392. The summed E-state index contributed by atoms with van der Waals surface area (Å²) in [7, 11) is 1.67. The number of hydrogen-bond acceptors (Lipinski definition) is 3. The standard InChI is InChI=1S/C10H13Cl2NO2/c1-14-3-2-4-15-7-8-6-13-10(12)5-9(8)11/h5-6H,2-4,7H2,1H3. The third-order valence-electron chi connectivity index (χ3n) is 1.79. The molecular formula is C10H13Cl2NO2. The molecule has 0 saturated heterocycles. The summed E-state index contributed by atoms with van der Waals surface area (Å²) >= 11 is 11.6. The Morgan fingerprint density at radius 3 is 2.80 bits per heavy atom. The van der Waals surface area contributed by atoms with E-state index in [0.717, 1.165) is 12.0 Å². The van der Waals surface area contributed by atoms with E-state index in [1.807, 2.05) is 0 Å². The molecule has 0 aliphatic heterocycles. The molecule has 1 heterocycles. The van der Waals surface area contributed by atoms with Crippen molar-refractivity contribution in [2.45, 2.75) is 13.0 Å². The van der Waals surface area contributed by atoms with Gasteiger partial charge in [-0.2, -0.15) is 0 Å². The van der Waals surface area contributed by atoms with Crippen molar-refractivity contribution < 1.29 is 9.47 Å². The Balaban J connectivity index is 2.31. The van der Waals surface area contributed by atoms with E-state index >= 15 is 0 Å². The Bertz CT molecular complexity index is 307. The summed E-state index contributed by atoms with van der Waals surface area (Å²) < 4.78 is 10.3. The van der Waals surface area contributed by atoms with Crippen LogP contribution in [0.25, 0.3) is 0 Å². The molecule has 5 heteroatoms. The molecule has 0 saturated carbocycles. The molecule has 3 nitrogen and oxygen atoms in total. The van der Waals surface area contributed by atoms with E-state index in [9.17, 15) is 0 Å². The summed E-state index contributed by atoms with van der Waals surface area (Å²) in [6.07, 6.45) is 2.50. The van der Waals surface area contributed by atoms with Gasteiger partial charge in [-0.05, 0) is 12.5 Å². The largest absolute Gasteiger partial charge is 0.385 e. The van der Waals surface area contributed by atoms with Gasteiger partial charge in [0.05, 0.1) is 11.6 Å². The number of methoxy groups -OCH3 is 1. The molecule has 0 spiro atoms. The van der Waals surface area contributed by atoms with Crippen molar-refractivity contribution in [2.24, 2.45) is 0 Å². The Kier molecular flexibility index (Phi) is 5.95. The van der Waals surface area contributed by atoms with E-state index in [2.05, 4.69) is 4.98 Å². The van der Waals surface area contributed by atoms with Gasteiger partial charge in [0.2, 0.25) is 0 Å². The number of aromatic nitrogens is 1. The second-order valence-corrected chi connectivity index (χ2v) is 3.79. The topological polar surface area (TPSA) is 31.4 Å². The zero-order valence-electron chi connectivity index (χ0n) is 8.50. The first-order valence-electron chi connectivity index (χ1n) is 4.60. The lowest BCUT2D eigenvalue weighted by atomic mass is 10.3. The SMILES string of the molecule is COCCCOCc1cnc(Cl)cc1Cl. The predicted octanol–water partition coefficient (Wildman–Crippen LogP) is 2.94. The maximum Gasteiger partial charge on any atom is 0.130 e. The highest BCUT2D eigenvalue weighted by Gasteiger charge is 2.02. The van der Waals surface area contributed by atoms with E-state index in [1.165, 1.54) is 0 Å². The molecule has 0 aromatic carbocycles. The molecule has 15 heavy (non-hydrogen) atoms. The molecule has 0 aliphatic carbocycles. The normalized spacial score (nSPS) is 10.6. The Labute approximate surface area is 99.3 Å². The average Bonchev–Trinajstić information content (AvgIpc) is 2.20. The van der Waals surface area contributed by atoms with Gasteiger partial charge < -0.3 is 9.47 Å². The Hall–Kier alpha value is -0.350. The first kappa shape index (κ1) is 12.7. The summed E-state index contributed by atoms with van der Waals surface area (Å²) in [6, 6.07) is 1.61. The predicted molar refractivity (Wildman–Crippen MR) is 60.4 cm³/mol. The summed E-state index contributed by atoms with van der Waals surface area (Å²) in [5, 5.41) is 0.977. The number of halogens is 2. The molecular weight excluding hydrogens is 237 g/mol. The average molecular weight is 250 g/mol. The van der Waals surface area contributed by atoms with Crippen molar-refractivity contribution in [3.63, 3.8) is 0 Å². The smallest absolute Gasteiger partial charge is 0.130 e. The lowest BCUT2D eigenvalue weighted by molar-refractivity contribution is 0.0927. The van der Waals surface area contributed by atoms with E-state index in [1.54, 1.807) is 19.4 Å². The zero-order chi connectivity index (χ0) is 11.1. The number of pyridine rings is 1. The second kappa shape index (κ2) is 7.01. The van der Waals surface area contributed by atoms with Crippen LogP contribution in [0.3, 0.4) is 0 Å². The van der Waals surface area contributed by atoms with Crippen molar-refractivity contribution >= 4 is 23.2 Å². The van der Waals surface area contributed by atoms with Crippen molar-refractivity contribution in [2.75, 3.05) is 20.3 Å². The third-order valence-corrected chi connectivity index (χ3v) is 2.35. The Morgan fingerprint density at radius 2 is 2.13 bits per heavy atom. The molecule has 1 aromatic rings. The number of nitrogens with zero attached hydrogens (tertiary/aromatic N) is 1. The van der Waals surface area contributed by atoms with Gasteiger partial charge in [-0.1, -0.05) is 23.2 Å². The highest BCUT2D eigenvalue weighted by molar-refractivity contribution is 6.34. The zero-order valence-corrected chi connectivity index (χ0v) is 10.0. The van der Waals surface area contributed by atoms with Crippen molar-refractivity contribution in [1.82, 2.24) is 4.98 Å². The highest BCUT2D eigenvalue weighted by atomic mass is 35.5. The fourth-order valence-electron chi connectivity index (χ4n) is 1.03. The van der Waals surface area contributed by atoms with Crippen LogP contribution < -0.4 is 0 Å². The maximum absolute atomic E-state index is 5.94. The first-order valence-corrected chi connectivity index (χ1v) is 5.36. The molecule has 0 atom stereocenters. The van der Waals surface area contributed by atoms with Gasteiger partial charge in [-0.25, -0.2) is 4.98 Å². The molecule has 1 rings (SSSR count). The molecule has 0 radical (unpaired) electrons. The Morgan fingerprint density at radius 1 is 1.33 bits per heavy atom. The van der Waals surface area contributed by atoms with Crippen molar-refractivity contribution in [3.05, 3.63) is 28.0 Å². The summed E-state index contributed by atoms with van der Waals surface area (Å²) in [5.74, 6) is 0. The quantitative estimate of drug-likeness (QED) is 0.574. The number of ether oxygens (including phenoxy) is 2. The van der Waals surface area contributed by atoms with Gasteiger partial charge in [0, 0.05) is 32.1 Å². The molecule has 0 bridgehead atoms. The lowest BCUT2D eigenvalue weighted by Crippen LogP contribution is -2.00. The van der Waals surface area contributed by atoms with Gasteiger partial charge in [-0.3, -0.25) is 0 Å². The molecule has 0 fully saturated rings. The van der Waals surface area contributed by atoms with Gasteiger partial charge in [0.1, 0.15) is 5.15 Å². The first-order chi connectivity index (χ1) is 7.24. The van der Waals surface area contributed by atoms with Crippen LogP contribution in [0.4, 0.5) is 0 Å². The van der Waals surface area contributed by atoms with Gasteiger partial charge in [0.25, 0.3) is 0 Å². The molecule has 0 unspecified atom stereocenters. The fraction of sp³-hybridized carbons (Fsp3) is 0.500. The van der Waals surface area contributed by atoms with E-state index in [0.29, 0.717) is 30.0 Å². The molecule has 84 valence electrons. The van der Waals surface area contributed by atoms with Crippen LogP contribution in [0.15, 0.2) is 12.3 Å². The van der Waals surface area contributed by atoms with E-state index in [-0.39, 0.29) is 0 Å². The lowest BCUT2D eigenvalue weighted by Gasteiger charge is -2.05. The monoisotopic (exact) mass is 249 g/mol. The van der Waals surface area contributed by atoms with Crippen molar-refractivity contribution in [3.8, 4) is 0 Å². The number of hydrogen-bond donors (Lipinski definition) is 0. The second-order valence-electron chi connectivity index (χ2n) is 3.00. The number of rotatable bonds is 6. The van der Waals surface area contributed by atoms with Crippen LogP contribution in [-0.2, 0) is 16.1 Å². The van der Waals surface area contributed by atoms with Crippen LogP contribution in [0, 0.1) is 0 Å². The molecule has 1 aromatic heterocycles. The highest BCUT2D eigenvalue weighted by Crippen LogP contribution is 2.19. The van der Waals surface area contributed by atoms with Crippen LogP contribution in [0.1, 0.15) is 12.0 Å². The summed E-state index contributed by atoms with van der Waals surface area (Å²) in [5.41, 5.74) is 0.846. The van der Waals surface area contributed by atoms with Crippen LogP contribution in [0.2, 0.25) is 10.2 Å². The molecule has 0 amide bonds. The van der Waals surface area contributed by atoms with Crippen LogP contribution in [-0.4, -0.2) is 25.3 Å². The van der Waals surface area contributed by atoms with Crippen LogP contribution in [0.5, 0.6) is 0 Å². The van der Waals surface area contributed by atoms with Gasteiger partial charge in [0.15, 0.2) is 0 Å².